The van der Waals surface area contributed by atoms with E-state index in [0.717, 1.165) is 22.4 Å². The Labute approximate surface area is 217 Å². The van der Waals surface area contributed by atoms with Crippen molar-refractivity contribution in [3.63, 3.8) is 0 Å². The van der Waals surface area contributed by atoms with Gasteiger partial charge >= 0.3 is 5.69 Å². The maximum atomic E-state index is 13.0. The molecule has 4 aromatic rings. The van der Waals surface area contributed by atoms with E-state index in [-0.39, 0.29) is 17.3 Å². The number of nitrogens with one attached hydrogen (secondary N) is 2. The van der Waals surface area contributed by atoms with E-state index >= 15 is 0 Å². The van der Waals surface area contributed by atoms with Gasteiger partial charge in [0.2, 0.25) is 0 Å². The van der Waals surface area contributed by atoms with E-state index in [1.165, 1.54) is 13.2 Å². The van der Waals surface area contributed by atoms with Crippen molar-refractivity contribution < 1.29 is 19.2 Å². The van der Waals surface area contributed by atoms with E-state index in [9.17, 15) is 14.9 Å². The molecule has 0 saturated carbocycles. The highest BCUT2D eigenvalue weighted by atomic mass is 35.5. The number of ether oxygens (including phenoxy) is 2. The van der Waals surface area contributed by atoms with Crippen LogP contribution in [0.4, 0.5) is 22.7 Å². The molecule has 5 rings (SSSR count). The van der Waals surface area contributed by atoms with Crippen molar-refractivity contribution in [2.45, 2.75) is 6.42 Å². The highest BCUT2D eigenvalue weighted by molar-refractivity contribution is 6.30. The van der Waals surface area contributed by atoms with Crippen molar-refractivity contribution in [3.8, 4) is 22.6 Å². The molecule has 0 saturated heterocycles. The zero-order valence-corrected chi connectivity index (χ0v) is 20.4. The van der Waals surface area contributed by atoms with Crippen LogP contribution in [-0.2, 0) is 6.42 Å². The minimum absolute atomic E-state index is 0.114. The van der Waals surface area contributed by atoms with Crippen LogP contribution in [0.3, 0.4) is 0 Å². The summed E-state index contributed by atoms with van der Waals surface area (Å²) in [5.41, 5.74) is 4.85. The Bertz CT molecular complexity index is 1520. The van der Waals surface area contributed by atoms with Gasteiger partial charge in [-0.25, -0.2) is 4.98 Å². The van der Waals surface area contributed by atoms with Gasteiger partial charge in [0.05, 0.1) is 41.3 Å². The maximum absolute atomic E-state index is 13.0. The number of carbonyl (C=O) groups is 1. The quantitative estimate of drug-likeness (QED) is 0.169. The van der Waals surface area contributed by atoms with E-state index in [2.05, 4.69) is 15.6 Å². The number of aromatic nitrogens is 1. The van der Waals surface area contributed by atoms with Gasteiger partial charge in [-0.2, -0.15) is 0 Å². The molecule has 0 fully saturated rings. The molecule has 1 aromatic heterocycles. The number of methoxy groups -OCH3 is 1. The lowest BCUT2D eigenvalue weighted by molar-refractivity contribution is -0.385. The molecule has 0 radical (unpaired) electrons. The molecule has 2 heterocycles. The molecular formula is C27H21ClN4O5. The second-order valence-corrected chi connectivity index (χ2v) is 8.61. The fourth-order valence-electron chi connectivity index (χ4n) is 4.09. The fraction of sp³-hybridized carbons (Fsp3) is 0.111. The first-order chi connectivity index (χ1) is 17.9. The Balaban J connectivity index is 1.37. The summed E-state index contributed by atoms with van der Waals surface area (Å²) in [6.45, 7) is 0.397. The predicted octanol–water partition coefficient (Wildman–Crippen LogP) is 6.25. The molecule has 0 unspecified atom stereocenters. The summed E-state index contributed by atoms with van der Waals surface area (Å²) in [6.07, 6.45) is 2.20. The summed E-state index contributed by atoms with van der Waals surface area (Å²) in [5.74, 6) is 0.436. The Morgan fingerprint density at radius 1 is 0.946 bits per heavy atom. The Morgan fingerprint density at radius 2 is 1.76 bits per heavy atom. The van der Waals surface area contributed by atoms with Crippen molar-refractivity contribution in [3.05, 3.63) is 99.3 Å². The van der Waals surface area contributed by atoms with Gasteiger partial charge in [-0.1, -0.05) is 23.7 Å². The number of hydrogen-bond donors (Lipinski definition) is 2. The SMILES string of the molecule is COc1cc(-c2ccc3c(c2)Nc2ccc(CCOc4cccnc4Cl)cc2NC3=O)ccc1[N+](=O)[O-]. The molecule has 37 heavy (non-hydrogen) atoms. The predicted molar refractivity (Wildman–Crippen MR) is 141 cm³/mol. The number of nitrogens with zero attached hydrogens (tertiary/aromatic N) is 2. The van der Waals surface area contributed by atoms with E-state index in [1.54, 1.807) is 42.6 Å². The standard InChI is InChI=1S/C27H21ClN4O5/c1-36-25-15-18(6-9-23(25)32(34)35)17-5-7-19-21(14-17)30-20-8-4-16(13-22(20)31-27(19)33)10-12-37-24-3-2-11-29-26(24)28/h2-9,11,13-15,30H,10,12H2,1H3,(H,31,33). The van der Waals surface area contributed by atoms with Crippen molar-refractivity contribution >= 4 is 40.3 Å². The summed E-state index contributed by atoms with van der Waals surface area (Å²) in [6, 6.07) is 19.3. The summed E-state index contributed by atoms with van der Waals surface area (Å²) in [7, 11) is 1.39. The van der Waals surface area contributed by atoms with Gasteiger partial charge in [-0.3, -0.25) is 14.9 Å². The van der Waals surface area contributed by atoms with Gasteiger partial charge in [0.15, 0.2) is 16.7 Å². The van der Waals surface area contributed by atoms with Crippen LogP contribution >= 0.6 is 11.6 Å². The third-order valence-electron chi connectivity index (χ3n) is 5.95. The van der Waals surface area contributed by atoms with Crippen LogP contribution in [-0.4, -0.2) is 29.5 Å². The zero-order chi connectivity index (χ0) is 25.9. The van der Waals surface area contributed by atoms with Crippen LogP contribution in [0.15, 0.2) is 72.9 Å². The molecule has 2 N–H and O–H groups in total. The summed E-state index contributed by atoms with van der Waals surface area (Å²) >= 11 is 6.04. The van der Waals surface area contributed by atoms with Crippen molar-refractivity contribution in [2.75, 3.05) is 24.4 Å². The number of pyridine rings is 1. The van der Waals surface area contributed by atoms with Crippen LogP contribution in [0.2, 0.25) is 5.15 Å². The number of fused-ring (bicyclic) bond motifs is 2. The van der Waals surface area contributed by atoms with E-state index in [4.69, 9.17) is 21.1 Å². The number of benzene rings is 3. The molecule has 186 valence electrons. The number of hydrogen-bond acceptors (Lipinski definition) is 7. The second-order valence-electron chi connectivity index (χ2n) is 8.25. The van der Waals surface area contributed by atoms with E-state index in [1.807, 2.05) is 24.3 Å². The van der Waals surface area contributed by atoms with Crippen LogP contribution in [0, 0.1) is 10.1 Å². The highest BCUT2D eigenvalue weighted by Crippen LogP contribution is 2.37. The molecule has 0 aliphatic carbocycles. The average Bonchev–Trinajstić information content (AvgIpc) is 3.04. The number of nitro benzene ring substituents is 1. The van der Waals surface area contributed by atoms with E-state index < -0.39 is 4.92 Å². The smallest absolute Gasteiger partial charge is 0.310 e. The number of amides is 1. The Kier molecular flexibility index (Phi) is 6.61. The minimum atomic E-state index is -0.489. The van der Waals surface area contributed by atoms with E-state index in [0.29, 0.717) is 40.9 Å². The molecule has 10 heteroatoms. The lowest BCUT2D eigenvalue weighted by Gasteiger charge is -2.12. The number of halogens is 1. The van der Waals surface area contributed by atoms with Crippen molar-refractivity contribution in [1.29, 1.82) is 0 Å². The third kappa shape index (κ3) is 5.03. The minimum Gasteiger partial charge on any atom is -0.490 e. The van der Waals surface area contributed by atoms with Crippen molar-refractivity contribution in [2.24, 2.45) is 0 Å². The maximum Gasteiger partial charge on any atom is 0.310 e. The van der Waals surface area contributed by atoms with Crippen LogP contribution in [0.1, 0.15) is 15.9 Å². The Hall–Kier alpha value is -4.63. The second kappa shape index (κ2) is 10.2. The van der Waals surface area contributed by atoms with Gasteiger partial charge in [-0.15, -0.1) is 0 Å². The third-order valence-corrected chi connectivity index (χ3v) is 6.23. The molecule has 9 nitrogen and oxygen atoms in total. The molecule has 0 bridgehead atoms. The molecular weight excluding hydrogens is 496 g/mol. The first-order valence-corrected chi connectivity index (χ1v) is 11.7. The van der Waals surface area contributed by atoms with Crippen LogP contribution in [0.25, 0.3) is 11.1 Å². The summed E-state index contributed by atoms with van der Waals surface area (Å²) in [4.78, 5) is 27.7. The first-order valence-electron chi connectivity index (χ1n) is 11.3. The van der Waals surface area contributed by atoms with Gasteiger partial charge in [0.25, 0.3) is 5.91 Å². The fourth-order valence-corrected chi connectivity index (χ4v) is 4.26. The lowest BCUT2D eigenvalue weighted by Crippen LogP contribution is -2.11. The zero-order valence-electron chi connectivity index (χ0n) is 19.7. The van der Waals surface area contributed by atoms with Crippen molar-refractivity contribution in [1.82, 2.24) is 4.98 Å². The Morgan fingerprint density at radius 3 is 2.54 bits per heavy atom. The first kappa shape index (κ1) is 24.1. The van der Waals surface area contributed by atoms with Gasteiger partial charge < -0.3 is 20.1 Å². The molecule has 0 atom stereocenters. The van der Waals surface area contributed by atoms with Gasteiger partial charge in [0, 0.05) is 18.7 Å². The van der Waals surface area contributed by atoms with Crippen LogP contribution < -0.4 is 20.1 Å². The molecule has 1 amide bonds. The number of rotatable bonds is 7. The highest BCUT2D eigenvalue weighted by Gasteiger charge is 2.21. The summed E-state index contributed by atoms with van der Waals surface area (Å²) < 4.78 is 10.9. The largest absolute Gasteiger partial charge is 0.490 e. The van der Waals surface area contributed by atoms with Gasteiger partial charge in [-0.05, 0) is 65.2 Å². The number of anilines is 3. The van der Waals surface area contributed by atoms with Crippen LogP contribution in [0.5, 0.6) is 11.5 Å². The summed E-state index contributed by atoms with van der Waals surface area (Å²) in [5, 5.41) is 17.8. The molecule has 3 aromatic carbocycles. The molecule has 1 aliphatic rings. The molecule has 1 aliphatic heterocycles. The monoisotopic (exact) mass is 516 g/mol. The normalized spacial score (nSPS) is 11.9. The average molecular weight is 517 g/mol. The topological polar surface area (TPSA) is 116 Å². The lowest BCUT2D eigenvalue weighted by atomic mass is 10.0. The number of carbonyl (C=O) groups excluding carboxylic acids is 1. The van der Waals surface area contributed by atoms with Gasteiger partial charge in [0.1, 0.15) is 0 Å². The number of nitro groups is 1. The molecule has 0 spiro atoms.